The predicted octanol–water partition coefficient (Wildman–Crippen LogP) is 6.16. The van der Waals surface area contributed by atoms with Gasteiger partial charge >= 0.3 is 5.63 Å². The highest BCUT2D eigenvalue weighted by molar-refractivity contribution is 6.00. The number of hydrogen-bond acceptors (Lipinski definition) is 3. The minimum Gasteiger partial charge on any atom is -0.460 e. The Morgan fingerprint density at radius 1 is 0.923 bits per heavy atom. The van der Waals surface area contributed by atoms with E-state index in [0.29, 0.717) is 5.58 Å². The Hall–Kier alpha value is -2.03. The Bertz CT molecular complexity index is 1020. The van der Waals surface area contributed by atoms with E-state index in [4.69, 9.17) is 8.83 Å². The lowest BCUT2D eigenvalue weighted by atomic mass is 9.93. The number of hydrogen-bond donors (Lipinski definition) is 0. The van der Waals surface area contributed by atoms with Crippen LogP contribution in [0.15, 0.2) is 19.7 Å². The van der Waals surface area contributed by atoms with Crippen molar-refractivity contribution in [2.75, 3.05) is 0 Å². The fourth-order valence-electron chi connectivity index (χ4n) is 4.43. The molecule has 3 aromatic rings. The molecule has 0 N–H and O–H groups in total. The molecular weight excluding hydrogens is 324 g/mol. The lowest BCUT2D eigenvalue weighted by Gasteiger charge is -2.11. The molecule has 1 aromatic carbocycles. The van der Waals surface area contributed by atoms with E-state index >= 15 is 0 Å². The Morgan fingerprint density at radius 2 is 1.69 bits per heavy atom. The van der Waals surface area contributed by atoms with Crippen molar-refractivity contribution in [3.63, 3.8) is 0 Å². The second kappa shape index (κ2) is 6.94. The van der Waals surface area contributed by atoms with Crippen molar-refractivity contribution in [2.24, 2.45) is 0 Å². The van der Waals surface area contributed by atoms with Crippen molar-refractivity contribution in [3.8, 4) is 0 Å². The molecule has 0 bridgehead atoms. The standard InChI is InChI=1S/C23H28O3/c1-4-5-6-7-10-16-14(2)18-13-19-17-11-8-9-12-20(17)25-22(19)15(3)21(18)26-23(16)24/h13H,4-12H2,1-3H3. The van der Waals surface area contributed by atoms with E-state index in [1.807, 2.05) is 6.92 Å². The van der Waals surface area contributed by atoms with Crippen LogP contribution in [0.3, 0.4) is 0 Å². The van der Waals surface area contributed by atoms with Crippen LogP contribution in [-0.4, -0.2) is 0 Å². The summed E-state index contributed by atoms with van der Waals surface area (Å²) in [5.74, 6) is 1.13. The third kappa shape index (κ3) is 2.78. The van der Waals surface area contributed by atoms with Gasteiger partial charge in [0.1, 0.15) is 16.9 Å². The SMILES string of the molecule is CCCCCCc1c(C)c2cc3c4c(oc3c(C)c2oc1=O)CCCC4. The van der Waals surface area contributed by atoms with Crippen LogP contribution >= 0.6 is 0 Å². The van der Waals surface area contributed by atoms with Gasteiger partial charge in [-0.2, -0.15) is 0 Å². The minimum atomic E-state index is -0.176. The predicted molar refractivity (Wildman–Crippen MR) is 106 cm³/mol. The van der Waals surface area contributed by atoms with E-state index in [1.54, 1.807) is 0 Å². The first kappa shape index (κ1) is 17.4. The summed E-state index contributed by atoms with van der Waals surface area (Å²) in [4.78, 5) is 12.6. The molecule has 0 fully saturated rings. The molecule has 138 valence electrons. The average molecular weight is 352 g/mol. The first-order valence-corrected chi connectivity index (χ1v) is 10.1. The number of fused-ring (bicyclic) bond motifs is 4. The quantitative estimate of drug-likeness (QED) is 0.408. The molecule has 0 spiro atoms. The first-order valence-electron chi connectivity index (χ1n) is 10.1. The van der Waals surface area contributed by atoms with Gasteiger partial charge in [-0.15, -0.1) is 0 Å². The lowest BCUT2D eigenvalue weighted by Crippen LogP contribution is -2.11. The maximum atomic E-state index is 12.6. The molecule has 1 aliphatic rings. The highest BCUT2D eigenvalue weighted by Crippen LogP contribution is 2.37. The van der Waals surface area contributed by atoms with Crippen molar-refractivity contribution in [3.05, 3.63) is 44.5 Å². The molecule has 0 atom stereocenters. The Labute approximate surface area is 154 Å². The third-order valence-corrected chi connectivity index (χ3v) is 6.00. The Morgan fingerprint density at radius 3 is 2.50 bits per heavy atom. The molecule has 0 radical (unpaired) electrons. The van der Waals surface area contributed by atoms with Gasteiger partial charge in [0, 0.05) is 33.9 Å². The third-order valence-electron chi connectivity index (χ3n) is 6.00. The zero-order chi connectivity index (χ0) is 18.3. The summed E-state index contributed by atoms with van der Waals surface area (Å²) >= 11 is 0. The summed E-state index contributed by atoms with van der Waals surface area (Å²) in [5.41, 5.74) is 5.69. The maximum absolute atomic E-state index is 12.6. The zero-order valence-corrected chi connectivity index (χ0v) is 16.2. The topological polar surface area (TPSA) is 43.4 Å². The van der Waals surface area contributed by atoms with Crippen molar-refractivity contribution in [1.82, 2.24) is 0 Å². The molecule has 0 aliphatic heterocycles. The molecule has 2 aromatic heterocycles. The van der Waals surface area contributed by atoms with Crippen LogP contribution in [0.2, 0.25) is 0 Å². The number of rotatable bonds is 5. The summed E-state index contributed by atoms with van der Waals surface area (Å²) in [6.45, 7) is 6.30. The molecule has 1 aliphatic carbocycles. The normalized spacial score (nSPS) is 14.3. The lowest BCUT2D eigenvalue weighted by molar-refractivity contribution is 0.503. The van der Waals surface area contributed by atoms with E-state index in [-0.39, 0.29) is 5.63 Å². The van der Waals surface area contributed by atoms with Crippen LogP contribution in [-0.2, 0) is 19.3 Å². The smallest absolute Gasteiger partial charge is 0.339 e. The van der Waals surface area contributed by atoms with Crippen LogP contribution in [0.1, 0.15) is 73.5 Å². The van der Waals surface area contributed by atoms with Crippen LogP contribution in [0.5, 0.6) is 0 Å². The fraction of sp³-hybridized carbons (Fsp3) is 0.522. The van der Waals surface area contributed by atoms with Gasteiger partial charge in [0.05, 0.1) is 0 Å². The van der Waals surface area contributed by atoms with E-state index < -0.39 is 0 Å². The minimum absolute atomic E-state index is 0.176. The largest absolute Gasteiger partial charge is 0.460 e. The summed E-state index contributed by atoms with van der Waals surface area (Å²) in [7, 11) is 0. The van der Waals surface area contributed by atoms with Crippen molar-refractivity contribution >= 4 is 21.9 Å². The number of unbranched alkanes of at least 4 members (excludes halogenated alkanes) is 3. The van der Waals surface area contributed by atoms with E-state index in [1.165, 1.54) is 43.1 Å². The fourth-order valence-corrected chi connectivity index (χ4v) is 4.43. The average Bonchev–Trinajstić information content (AvgIpc) is 3.01. The zero-order valence-electron chi connectivity index (χ0n) is 16.2. The molecular formula is C23H28O3. The van der Waals surface area contributed by atoms with Gasteiger partial charge in [-0.3, -0.25) is 0 Å². The summed E-state index contributed by atoms with van der Waals surface area (Å²) in [6, 6.07) is 2.21. The van der Waals surface area contributed by atoms with E-state index in [0.717, 1.165) is 59.1 Å². The van der Waals surface area contributed by atoms with Gasteiger partial charge in [0.2, 0.25) is 0 Å². The van der Waals surface area contributed by atoms with Crippen molar-refractivity contribution in [2.45, 2.75) is 78.6 Å². The number of aryl methyl sites for hydroxylation is 4. The van der Waals surface area contributed by atoms with Gasteiger partial charge in [0.15, 0.2) is 0 Å². The van der Waals surface area contributed by atoms with Gasteiger partial charge in [0.25, 0.3) is 0 Å². The van der Waals surface area contributed by atoms with E-state index in [9.17, 15) is 4.79 Å². The number of furan rings is 1. The molecule has 2 heterocycles. The van der Waals surface area contributed by atoms with Crippen LogP contribution < -0.4 is 5.63 Å². The number of benzene rings is 1. The Kier molecular flexibility index (Phi) is 4.64. The molecule has 0 saturated carbocycles. The van der Waals surface area contributed by atoms with Crippen molar-refractivity contribution < 1.29 is 8.83 Å². The molecule has 0 saturated heterocycles. The van der Waals surface area contributed by atoms with E-state index in [2.05, 4.69) is 19.9 Å². The monoisotopic (exact) mass is 352 g/mol. The summed E-state index contributed by atoms with van der Waals surface area (Å²) in [5, 5.41) is 2.30. The maximum Gasteiger partial charge on any atom is 0.339 e. The van der Waals surface area contributed by atoms with Gasteiger partial charge in [-0.05, 0) is 57.6 Å². The summed E-state index contributed by atoms with van der Waals surface area (Å²) in [6.07, 6.45) is 9.98. The molecule has 3 nitrogen and oxygen atoms in total. The second-order valence-electron chi connectivity index (χ2n) is 7.77. The summed E-state index contributed by atoms with van der Waals surface area (Å²) < 4.78 is 12.0. The second-order valence-corrected chi connectivity index (χ2v) is 7.77. The molecule has 0 unspecified atom stereocenters. The molecule has 4 rings (SSSR count). The first-order chi connectivity index (χ1) is 12.6. The molecule has 0 amide bonds. The van der Waals surface area contributed by atoms with Crippen molar-refractivity contribution in [1.29, 1.82) is 0 Å². The van der Waals surface area contributed by atoms with Gasteiger partial charge in [-0.1, -0.05) is 26.2 Å². The molecule has 26 heavy (non-hydrogen) atoms. The van der Waals surface area contributed by atoms with Crippen LogP contribution in [0.4, 0.5) is 0 Å². The molecule has 3 heteroatoms. The Balaban J connectivity index is 1.87. The van der Waals surface area contributed by atoms with Crippen LogP contribution in [0.25, 0.3) is 21.9 Å². The van der Waals surface area contributed by atoms with Gasteiger partial charge < -0.3 is 8.83 Å². The highest BCUT2D eigenvalue weighted by Gasteiger charge is 2.22. The van der Waals surface area contributed by atoms with Gasteiger partial charge in [-0.25, -0.2) is 4.79 Å². The highest BCUT2D eigenvalue weighted by atomic mass is 16.4. The van der Waals surface area contributed by atoms with Crippen LogP contribution in [0, 0.1) is 13.8 Å².